The maximum atomic E-state index is 12.0. The minimum absolute atomic E-state index is 0.338. The summed E-state index contributed by atoms with van der Waals surface area (Å²) < 4.78 is 0. The third kappa shape index (κ3) is 4.66. The molecule has 1 amide bonds. The van der Waals surface area contributed by atoms with Crippen LogP contribution >= 0.6 is 0 Å². The second kappa shape index (κ2) is 7.70. The molecule has 0 saturated carbocycles. The van der Waals surface area contributed by atoms with Gasteiger partial charge in [-0.3, -0.25) is 4.79 Å². The molecule has 1 saturated heterocycles. The van der Waals surface area contributed by atoms with Gasteiger partial charge in [0.1, 0.15) is 0 Å². The Labute approximate surface area is 106 Å². The number of likely N-dealkylation sites (tertiary alicyclic amines) is 1. The Bertz CT molecular complexity index is 230. The second-order valence-corrected chi connectivity index (χ2v) is 5.40. The van der Waals surface area contributed by atoms with Gasteiger partial charge in [-0.15, -0.1) is 0 Å². The molecule has 0 bridgehead atoms. The van der Waals surface area contributed by atoms with Crippen LogP contribution < -0.4 is 5.73 Å². The molecule has 0 aromatic heterocycles. The summed E-state index contributed by atoms with van der Waals surface area (Å²) >= 11 is 0. The van der Waals surface area contributed by atoms with Crippen molar-refractivity contribution in [1.82, 2.24) is 4.90 Å². The molecule has 0 radical (unpaired) electrons. The predicted octanol–water partition coefficient (Wildman–Crippen LogP) is 2.54. The van der Waals surface area contributed by atoms with Crippen LogP contribution in [0.4, 0.5) is 0 Å². The predicted molar refractivity (Wildman–Crippen MR) is 71.7 cm³/mol. The molecule has 2 atom stereocenters. The first kappa shape index (κ1) is 14.5. The van der Waals surface area contributed by atoms with Crippen molar-refractivity contribution in [3.8, 4) is 0 Å². The summed E-state index contributed by atoms with van der Waals surface area (Å²) in [6.45, 7) is 5.95. The van der Waals surface area contributed by atoms with Gasteiger partial charge in [-0.2, -0.15) is 0 Å². The quantitative estimate of drug-likeness (QED) is 0.695. The monoisotopic (exact) mass is 240 g/mol. The summed E-state index contributed by atoms with van der Waals surface area (Å²) in [5, 5.41) is 0. The average Bonchev–Trinajstić information content (AvgIpc) is 2.70. The zero-order chi connectivity index (χ0) is 12.7. The van der Waals surface area contributed by atoms with Gasteiger partial charge < -0.3 is 10.6 Å². The molecule has 17 heavy (non-hydrogen) atoms. The third-order valence-electron chi connectivity index (χ3n) is 3.81. The highest BCUT2D eigenvalue weighted by molar-refractivity contribution is 5.76. The van der Waals surface area contributed by atoms with E-state index >= 15 is 0 Å². The first-order valence-corrected chi connectivity index (χ1v) is 7.18. The fourth-order valence-corrected chi connectivity index (χ4v) is 2.68. The molecule has 0 aromatic carbocycles. The number of carbonyl (C=O) groups is 1. The van der Waals surface area contributed by atoms with E-state index in [0.29, 0.717) is 24.4 Å². The van der Waals surface area contributed by atoms with Crippen molar-refractivity contribution in [2.24, 2.45) is 11.7 Å². The zero-order valence-corrected chi connectivity index (χ0v) is 11.5. The number of hydrogen-bond donors (Lipinski definition) is 1. The van der Waals surface area contributed by atoms with E-state index in [-0.39, 0.29) is 0 Å². The van der Waals surface area contributed by atoms with Crippen molar-refractivity contribution in [1.29, 1.82) is 0 Å². The Kier molecular flexibility index (Phi) is 6.56. The summed E-state index contributed by atoms with van der Waals surface area (Å²) in [5.41, 5.74) is 5.68. The lowest BCUT2D eigenvalue weighted by molar-refractivity contribution is -0.131. The maximum Gasteiger partial charge on any atom is 0.222 e. The summed E-state index contributed by atoms with van der Waals surface area (Å²) in [6.07, 6.45) is 7.88. The van der Waals surface area contributed by atoms with Gasteiger partial charge in [0, 0.05) is 19.0 Å². The van der Waals surface area contributed by atoms with Crippen LogP contribution in [0.15, 0.2) is 0 Å². The van der Waals surface area contributed by atoms with Crippen LogP contribution in [0, 0.1) is 5.92 Å². The van der Waals surface area contributed by atoms with Gasteiger partial charge in [-0.25, -0.2) is 0 Å². The van der Waals surface area contributed by atoms with Crippen LogP contribution in [0.3, 0.4) is 0 Å². The van der Waals surface area contributed by atoms with Gasteiger partial charge in [-0.05, 0) is 32.2 Å². The minimum atomic E-state index is 0.338. The third-order valence-corrected chi connectivity index (χ3v) is 3.81. The molecular weight excluding hydrogens is 212 g/mol. The Balaban J connectivity index is 2.19. The highest BCUT2D eigenvalue weighted by Crippen LogP contribution is 2.23. The van der Waals surface area contributed by atoms with Crippen molar-refractivity contribution in [3.05, 3.63) is 0 Å². The molecule has 0 spiro atoms. The SMILES string of the molecule is CCCCCCCC(=O)N1CC(CN)CC1C. The van der Waals surface area contributed by atoms with E-state index in [1.54, 1.807) is 0 Å². The molecule has 3 nitrogen and oxygen atoms in total. The Morgan fingerprint density at radius 2 is 2.00 bits per heavy atom. The number of carbonyl (C=O) groups excluding carboxylic acids is 1. The Hall–Kier alpha value is -0.570. The Morgan fingerprint density at radius 1 is 1.29 bits per heavy atom. The van der Waals surface area contributed by atoms with Gasteiger partial charge in [0.15, 0.2) is 0 Å². The smallest absolute Gasteiger partial charge is 0.222 e. The summed E-state index contributed by atoms with van der Waals surface area (Å²) in [4.78, 5) is 14.1. The molecule has 0 aromatic rings. The second-order valence-electron chi connectivity index (χ2n) is 5.40. The average molecular weight is 240 g/mol. The Morgan fingerprint density at radius 3 is 2.59 bits per heavy atom. The van der Waals surface area contributed by atoms with Crippen molar-refractivity contribution < 1.29 is 4.79 Å². The van der Waals surface area contributed by atoms with Gasteiger partial charge in [0.05, 0.1) is 0 Å². The number of rotatable bonds is 7. The molecule has 1 heterocycles. The topological polar surface area (TPSA) is 46.3 Å². The molecule has 1 aliphatic heterocycles. The molecule has 1 rings (SSSR count). The van der Waals surface area contributed by atoms with Crippen molar-refractivity contribution in [2.75, 3.05) is 13.1 Å². The van der Waals surface area contributed by atoms with Gasteiger partial charge in [-0.1, -0.05) is 32.6 Å². The number of amides is 1. The van der Waals surface area contributed by atoms with Crippen LogP contribution in [0.25, 0.3) is 0 Å². The van der Waals surface area contributed by atoms with Gasteiger partial charge >= 0.3 is 0 Å². The molecular formula is C14H28N2O. The molecule has 1 aliphatic rings. The number of nitrogens with two attached hydrogens (primary N) is 1. The number of unbranched alkanes of at least 4 members (excludes halogenated alkanes) is 4. The summed E-state index contributed by atoms with van der Waals surface area (Å²) in [7, 11) is 0. The minimum Gasteiger partial charge on any atom is -0.340 e. The largest absolute Gasteiger partial charge is 0.340 e. The maximum absolute atomic E-state index is 12.0. The number of nitrogens with zero attached hydrogens (tertiary/aromatic N) is 1. The first-order chi connectivity index (χ1) is 8.19. The summed E-state index contributed by atoms with van der Waals surface area (Å²) in [6, 6.07) is 0.395. The van der Waals surface area contributed by atoms with Crippen molar-refractivity contribution in [3.63, 3.8) is 0 Å². The van der Waals surface area contributed by atoms with E-state index in [4.69, 9.17) is 5.73 Å². The van der Waals surface area contributed by atoms with Crippen molar-refractivity contribution in [2.45, 2.75) is 64.8 Å². The molecule has 0 aliphatic carbocycles. The molecule has 1 fully saturated rings. The number of hydrogen-bond acceptors (Lipinski definition) is 2. The normalized spacial score (nSPS) is 24.3. The lowest BCUT2D eigenvalue weighted by atomic mass is 10.1. The van der Waals surface area contributed by atoms with Gasteiger partial charge in [0.25, 0.3) is 0 Å². The summed E-state index contributed by atoms with van der Waals surface area (Å²) in [5.74, 6) is 0.860. The first-order valence-electron chi connectivity index (χ1n) is 7.18. The molecule has 100 valence electrons. The van der Waals surface area contributed by atoms with Crippen LogP contribution in [-0.2, 0) is 4.79 Å². The van der Waals surface area contributed by atoms with Crippen LogP contribution in [0.2, 0.25) is 0 Å². The molecule has 2 N–H and O–H groups in total. The van der Waals surface area contributed by atoms with E-state index in [1.807, 2.05) is 4.90 Å². The molecule has 2 unspecified atom stereocenters. The fourth-order valence-electron chi connectivity index (χ4n) is 2.68. The standard InChI is InChI=1S/C14H28N2O/c1-3-4-5-6-7-8-14(17)16-11-13(10-15)9-12(16)2/h12-13H,3-11,15H2,1-2H3. The van der Waals surface area contributed by atoms with Crippen LogP contribution in [0.5, 0.6) is 0 Å². The zero-order valence-electron chi connectivity index (χ0n) is 11.5. The van der Waals surface area contributed by atoms with Crippen molar-refractivity contribution >= 4 is 5.91 Å². The lowest BCUT2D eigenvalue weighted by Gasteiger charge is -2.21. The van der Waals surface area contributed by atoms with E-state index in [2.05, 4.69) is 13.8 Å². The van der Waals surface area contributed by atoms with E-state index in [0.717, 1.165) is 25.8 Å². The van der Waals surface area contributed by atoms with E-state index in [1.165, 1.54) is 25.7 Å². The van der Waals surface area contributed by atoms with Crippen LogP contribution in [-0.4, -0.2) is 29.9 Å². The highest BCUT2D eigenvalue weighted by atomic mass is 16.2. The lowest BCUT2D eigenvalue weighted by Crippen LogP contribution is -2.34. The van der Waals surface area contributed by atoms with Crippen LogP contribution in [0.1, 0.15) is 58.8 Å². The molecule has 3 heteroatoms. The highest BCUT2D eigenvalue weighted by Gasteiger charge is 2.30. The fraction of sp³-hybridized carbons (Fsp3) is 0.929. The van der Waals surface area contributed by atoms with E-state index in [9.17, 15) is 4.79 Å². The van der Waals surface area contributed by atoms with E-state index < -0.39 is 0 Å². The van der Waals surface area contributed by atoms with Gasteiger partial charge in [0.2, 0.25) is 5.91 Å².